The van der Waals surface area contributed by atoms with Crippen LogP contribution in [0.2, 0.25) is 0 Å². The largest absolute Gasteiger partial charge is 0.437 e. The van der Waals surface area contributed by atoms with E-state index in [0.717, 1.165) is 0 Å². The molecule has 0 atom stereocenters. The van der Waals surface area contributed by atoms with Crippen molar-refractivity contribution in [2.24, 2.45) is 0 Å². The Balaban J connectivity index is 1.73. The van der Waals surface area contributed by atoms with Crippen molar-refractivity contribution in [2.45, 2.75) is 25.0 Å². The number of nitro groups is 1. The van der Waals surface area contributed by atoms with Crippen molar-refractivity contribution in [3.63, 3.8) is 0 Å². The third-order valence-corrected chi connectivity index (χ3v) is 5.09. The lowest BCUT2D eigenvalue weighted by atomic mass is 9.92. The van der Waals surface area contributed by atoms with Crippen LogP contribution in [-0.4, -0.2) is 52.1 Å². The number of hydrogen-bond acceptors (Lipinski definition) is 6. The van der Waals surface area contributed by atoms with Gasteiger partial charge in [-0.15, -0.1) is 0 Å². The van der Waals surface area contributed by atoms with E-state index in [1.54, 1.807) is 4.57 Å². The first-order valence-corrected chi connectivity index (χ1v) is 8.00. The van der Waals surface area contributed by atoms with Crippen LogP contribution < -0.4 is 4.74 Å². The standard InChI is InChI=1S/C10H14N4O5S/c1-20(17,18)13-4-2-10(3-5-13)7-12-6-8(14(15)16)11-9(12)19-10/h6H,2-5,7H2,1H3. The molecule has 10 heteroatoms. The third-order valence-electron chi connectivity index (χ3n) is 3.78. The van der Waals surface area contributed by atoms with E-state index in [9.17, 15) is 18.5 Å². The fourth-order valence-electron chi connectivity index (χ4n) is 2.69. The average Bonchev–Trinajstić information content (AvgIpc) is 2.84. The van der Waals surface area contributed by atoms with Crippen molar-refractivity contribution >= 4 is 15.8 Å². The predicted molar refractivity (Wildman–Crippen MR) is 67.9 cm³/mol. The first kappa shape index (κ1) is 13.3. The zero-order valence-electron chi connectivity index (χ0n) is 10.9. The minimum Gasteiger partial charge on any atom is -0.437 e. The van der Waals surface area contributed by atoms with E-state index in [1.807, 2.05) is 0 Å². The summed E-state index contributed by atoms with van der Waals surface area (Å²) in [6.07, 6.45) is 3.65. The molecule has 0 bridgehead atoms. The summed E-state index contributed by atoms with van der Waals surface area (Å²) in [6, 6.07) is 0.240. The van der Waals surface area contributed by atoms with Crippen molar-refractivity contribution in [2.75, 3.05) is 19.3 Å². The molecule has 0 saturated carbocycles. The fourth-order valence-corrected chi connectivity index (χ4v) is 3.54. The van der Waals surface area contributed by atoms with Crippen molar-refractivity contribution in [3.05, 3.63) is 16.3 Å². The highest BCUT2D eigenvalue weighted by Gasteiger charge is 2.46. The number of hydrogen-bond donors (Lipinski definition) is 0. The summed E-state index contributed by atoms with van der Waals surface area (Å²) >= 11 is 0. The molecule has 1 aromatic heterocycles. The summed E-state index contributed by atoms with van der Waals surface area (Å²) in [5.41, 5.74) is -0.487. The van der Waals surface area contributed by atoms with Gasteiger partial charge in [0.25, 0.3) is 0 Å². The maximum absolute atomic E-state index is 11.5. The average molecular weight is 302 g/mol. The minimum absolute atomic E-state index is 0.233. The number of nitrogens with zero attached hydrogens (tertiary/aromatic N) is 4. The molecule has 0 aromatic carbocycles. The van der Waals surface area contributed by atoms with E-state index in [2.05, 4.69) is 4.98 Å². The molecule has 0 N–H and O–H groups in total. The molecular formula is C10H14N4O5S. The van der Waals surface area contributed by atoms with Gasteiger partial charge in [-0.2, -0.15) is 0 Å². The second kappa shape index (κ2) is 4.16. The molecule has 3 rings (SSSR count). The second-order valence-electron chi connectivity index (χ2n) is 5.21. The predicted octanol–water partition coefficient (Wildman–Crippen LogP) is -0.0221. The highest BCUT2D eigenvalue weighted by atomic mass is 32.2. The number of ether oxygens (including phenoxy) is 1. The summed E-state index contributed by atoms with van der Waals surface area (Å²) in [5, 5.41) is 10.6. The van der Waals surface area contributed by atoms with Gasteiger partial charge in [0.05, 0.1) is 12.8 Å². The Hall–Kier alpha value is -1.68. The van der Waals surface area contributed by atoms with Crippen LogP contribution in [0.5, 0.6) is 6.01 Å². The van der Waals surface area contributed by atoms with Gasteiger partial charge in [0.15, 0.2) is 0 Å². The maximum atomic E-state index is 11.5. The normalized spacial score (nSPS) is 21.6. The molecule has 2 aliphatic rings. The van der Waals surface area contributed by atoms with Gasteiger partial charge in [0.1, 0.15) is 11.8 Å². The van der Waals surface area contributed by atoms with E-state index >= 15 is 0 Å². The number of piperidine rings is 1. The van der Waals surface area contributed by atoms with Crippen molar-refractivity contribution in [3.8, 4) is 6.01 Å². The lowest BCUT2D eigenvalue weighted by molar-refractivity contribution is -0.389. The van der Waals surface area contributed by atoms with Crippen LogP contribution in [-0.2, 0) is 16.6 Å². The summed E-state index contributed by atoms with van der Waals surface area (Å²) in [4.78, 5) is 13.9. The van der Waals surface area contributed by atoms with Crippen LogP contribution in [0.25, 0.3) is 0 Å². The van der Waals surface area contributed by atoms with Crippen LogP contribution in [0.3, 0.4) is 0 Å². The van der Waals surface area contributed by atoms with E-state index < -0.39 is 20.5 Å². The van der Waals surface area contributed by atoms with Crippen LogP contribution in [0.15, 0.2) is 6.20 Å². The molecule has 1 aromatic rings. The van der Waals surface area contributed by atoms with Gasteiger partial charge in [-0.1, -0.05) is 0 Å². The zero-order valence-corrected chi connectivity index (χ0v) is 11.7. The van der Waals surface area contributed by atoms with Crippen molar-refractivity contribution in [1.29, 1.82) is 0 Å². The zero-order chi connectivity index (χ0) is 14.5. The van der Waals surface area contributed by atoms with E-state index in [-0.39, 0.29) is 11.8 Å². The van der Waals surface area contributed by atoms with Crippen LogP contribution in [0, 0.1) is 10.1 Å². The molecule has 3 heterocycles. The Labute approximate surface area is 115 Å². The third kappa shape index (κ3) is 2.14. The molecule has 2 aliphatic heterocycles. The fraction of sp³-hybridized carbons (Fsp3) is 0.700. The molecule has 0 unspecified atom stereocenters. The quantitative estimate of drug-likeness (QED) is 0.561. The second-order valence-corrected chi connectivity index (χ2v) is 7.20. The molecule has 0 aliphatic carbocycles. The lowest BCUT2D eigenvalue weighted by Crippen LogP contribution is -2.49. The topological polar surface area (TPSA) is 108 Å². The van der Waals surface area contributed by atoms with Gasteiger partial charge in [-0.3, -0.25) is 4.57 Å². The van der Waals surface area contributed by atoms with Gasteiger partial charge in [0, 0.05) is 30.9 Å². The van der Waals surface area contributed by atoms with Crippen molar-refractivity contribution in [1.82, 2.24) is 13.9 Å². The summed E-state index contributed by atoms with van der Waals surface area (Å²) in [5.74, 6) is -0.233. The van der Waals surface area contributed by atoms with E-state index in [0.29, 0.717) is 32.5 Å². The summed E-state index contributed by atoms with van der Waals surface area (Å²) in [6.45, 7) is 1.26. The molecular weight excluding hydrogens is 288 g/mol. The van der Waals surface area contributed by atoms with Crippen LogP contribution >= 0.6 is 0 Å². The van der Waals surface area contributed by atoms with E-state index in [4.69, 9.17) is 4.74 Å². The van der Waals surface area contributed by atoms with Gasteiger partial charge in [-0.05, 0) is 4.92 Å². The van der Waals surface area contributed by atoms with Crippen LogP contribution in [0.4, 0.5) is 5.82 Å². The number of imidazole rings is 1. The van der Waals surface area contributed by atoms with Gasteiger partial charge >= 0.3 is 11.8 Å². The Morgan fingerprint density at radius 3 is 2.60 bits per heavy atom. The molecule has 20 heavy (non-hydrogen) atoms. The Morgan fingerprint density at radius 2 is 2.10 bits per heavy atom. The maximum Gasteiger partial charge on any atom is 0.415 e. The SMILES string of the molecule is CS(=O)(=O)N1CCC2(CC1)Cn1cc([N+](=O)[O-])nc1O2. The molecule has 1 fully saturated rings. The Bertz CT molecular complexity index is 634. The van der Waals surface area contributed by atoms with Crippen LogP contribution in [0.1, 0.15) is 12.8 Å². The molecule has 0 amide bonds. The number of aromatic nitrogens is 2. The summed E-state index contributed by atoms with van der Waals surface area (Å²) < 4.78 is 31.7. The Kier molecular flexibility index (Phi) is 2.77. The minimum atomic E-state index is -3.18. The molecule has 1 saturated heterocycles. The highest BCUT2D eigenvalue weighted by molar-refractivity contribution is 7.88. The number of sulfonamides is 1. The van der Waals surface area contributed by atoms with E-state index in [1.165, 1.54) is 16.8 Å². The number of rotatable bonds is 2. The number of fused-ring (bicyclic) bond motifs is 1. The van der Waals surface area contributed by atoms with Gasteiger partial charge in [-0.25, -0.2) is 12.7 Å². The van der Waals surface area contributed by atoms with Gasteiger partial charge in [0.2, 0.25) is 10.0 Å². The van der Waals surface area contributed by atoms with Crippen molar-refractivity contribution < 1.29 is 18.1 Å². The lowest BCUT2D eigenvalue weighted by Gasteiger charge is -2.36. The smallest absolute Gasteiger partial charge is 0.415 e. The highest BCUT2D eigenvalue weighted by Crippen LogP contribution is 2.37. The Morgan fingerprint density at radius 1 is 1.45 bits per heavy atom. The van der Waals surface area contributed by atoms with Gasteiger partial charge < -0.3 is 14.9 Å². The molecule has 9 nitrogen and oxygen atoms in total. The summed E-state index contributed by atoms with van der Waals surface area (Å²) in [7, 11) is -3.18. The monoisotopic (exact) mass is 302 g/mol. The molecule has 110 valence electrons. The molecule has 0 radical (unpaired) electrons. The first-order valence-electron chi connectivity index (χ1n) is 6.15. The first-order chi connectivity index (χ1) is 9.29. The molecule has 1 spiro atoms.